The molecule has 1 heteroatoms. The van der Waals surface area contributed by atoms with Crippen LogP contribution in [0.2, 0.25) is 0 Å². The molecule has 88 valence electrons. The third kappa shape index (κ3) is 3.61. The van der Waals surface area contributed by atoms with E-state index in [9.17, 15) is 0 Å². The molecule has 0 spiro atoms. The molecule has 0 heterocycles. The Hall–Kier alpha value is -2.33. The molecular weight excluding hydrogens is 218 g/mol. The van der Waals surface area contributed by atoms with Gasteiger partial charge in [-0.15, -0.1) is 0 Å². The van der Waals surface area contributed by atoms with Gasteiger partial charge in [0.05, 0.1) is 12.3 Å². The quantitative estimate of drug-likeness (QED) is 0.551. The van der Waals surface area contributed by atoms with E-state index in [0.717, 1.165) is 5.56 Å². The Bertz CT molecular complexity index is 559. The largest absolute Gasteiger partial charge is 0.276 e. The van der Waals surface area contributed by atoms with Crippen molar-refractivity contribution in [2.24, 2.45) is 4.99 Å². The summed E-state index contributed by atoms with van der Waals surface area (Å²) in [5.41, 5.74) is 2.21. The van der Waals surface area contributed by atoms with Crippen LogP contribution < -0.4 is 0 Å². The minimum atomic E-state index is 0.149. The van der Waals surface area contributed by atoms with Gasteiger partial charge in [-0.25, -0.2) is 0 Å². The summed E-state index contributed by atoms with van der Waals surface area (Å²) >= 11 is 0. The molecular formula is C17H15N. The van der Waals surface area contributed by atoms with Gasteiger partial charge in [0, 0.05) is 5.56 Å². The second kappa shape index (κ2) is 6.42. The van der Waals surface area contributed by atoms with Crippen LogP contribution in [0.4, 0.5) is 0 Å². The Labute approximate surface area is 108 Å². The van der Waals surface area contributed by atoms with Crippen molar-refractivity contribution in [2.75, 3.05) is 0 Å². The van der Waals surface area contributed by atoms with E-state index in [2.05, 4.69) is 35.9 Å². The zero-order valence-corrected chi connectivity index (χ0v) is 10.4. The highest BCUT2D eigenvalue weighted by Gasteiger charge is 1.98. The van der Waals surface area contributed by atoms with Gasteiger partial charge >= 0.3 is 0 Å². The maximum atomic E-state index is 4.41. The first-order valence-corrected chi connectivity index (χ1v) is 5.99. The average Bonchev–Trinajstić information content (AvgIpc) is 2.45. The fraction of sp³-hybridized carbons (Fsp3) is 0.118. The summed E-state index contributed by atoms with van der Waals surface area (Å²) in [6, 6.07) is 20.3. The first-order valence-electron chi connectivity index (χ1n) is 5.99. The van der Waals surface area contributed by atoms with Crippen LogP contribution in [0.25, 0.3) is 0 Å². The van der Waals surface area contributed by atoms with Crippen molar-refractivity contribution in [3.63, 3.8) is 0 Å². The predicted octanol–water partition coefficient (Wildman–Crippen LogP) is 3.87. The van der Waals surface area contributed by atoms with Gasteiger partial charge in [-0.05, 0) is 30.5 Å². The van der Waals surface area contributed by atoms with E-state index in [1.807, 2.05) is 48.5 Å². The summed E-state index contributed by atoms with van der Waals surface area (Å²) in [5, 5.41) is 0. The molecule has 0 fully saturated rings. The number of rotatable bonds is 2. The Morgan fingerprint density at radius 3 is 2.22 bits per heavy atom. The standard InChI is InChI=1S/C17H15N/c1-15(17-12-6-3-7-13-17)18-14-8-11-16-9-4-2-5-10-16/h2-7,9-10,12-15H,1H3. The molecule has 18 heavy (non-hydrogen) atoms. The van der Waals surface area contributed by atoms with Gasteiger partial charge in [0.1, 0.15) is 0 Å². The average molecular weight is 233 g/mol. The monoisotopic (exact) mass is 233 g/mol. The van der Waals surface area contributed by atoms with Gasteiger partial charge in [0.15, 0.2) is 0 Å². The van der Waals surface area contributed by atoms with E-state index in [4.69, 9.17) is 0 Å². The second-order valence-electron chi connectivity index (χ2n) is 4.00. The fourth-order valence-corrected chi connectivity index (χ4v) is 1.60. The van der Waals surface area contributed by atoms with Crippen LogP contribution in [-0.2, 0) is 0 Å². The van der Waals surface area contributed by atoms with E-state index in [0.29, 0.717) is 0 Å². The second-order valence-corrected chi connectivity index (χ2v) is 4.00. The van der Waals surface area contributed by atoms with Crippen molar-refractivity contribution in [3.8, 4) is 11.8 Å². The SMILES string of the molecule is CC(N=CC#Cc1ccccc1)c1ccccc1. The number of nitrogens with zero attached hydrogens (tertiary/aromatic N) is 1. The molecule has 1 atom stereocenters. The Morgan fingerprint density at radius 1 is 0.944 bits per heavy atom. The molecule has 0 aliphatic rings. The zero-order chi connectivity index (χ0) is 12.6. The third-order valence-electron chi connectivity index (χ3n) is 2.63. The Balaban J connectivity index is 1.99. The van der Waals surface area contributed by atoms with Crippen molar-refractivity contribution in [2.45, 2.75) is 13.0 Å². The molecule has 0 aliphatic carbocycles. The van der Waals surface area contributed by atoms with Crippen LogP contribution in [0.15, 0.2) is 65.7 Å². The molecule has 2 aromatic rings. The van der Waals surface area contributed by atoms with E-state index in [1.165, 1.54) is 5.56 Å². The topological polar surface area (TPSA) is 12.4 Å². The Morgan fingerprint density at radius 2 is 1.56 bits per heavy atom. The Kier molecular flexibility index (Phi) is 4.33. The number of hydrogen-bond donors (Lipinski definition) is 0. The van der Waals surface area contributed by atoms with Crippen LogP contribution in [-0.4, -0.2) is 6.21 Å². The van der Waals surface area contributed by atoms with Gasteiger partial charge in [-0.1, -0.05) is 54.5 Å². The van der Waals surface area contributed by atoms with Crippen LogP contribution in [0.5, 0.6) is 0 Å². The van der Waals surface area contributed by atoms with E-state index < -0.39 is 0 Å². The lowest BCUT2D eigenvalue weighted by Gasteiger charge is -2.03. The van der Waals surface area contributed by atoms with Crippen molar-refractivity contribution >= 4 is 6.21 Å². The molecule has 1 nitrogen and oxygen atoms in total. The van der Waals surface area contributed by atoms with E-state index in [-0.39, 0.29) is 6.04 Å². The molecule has 0 aromatic heterocycles. The third-order valence-corrected chi connectivity index (χ3v) is 2.63. The summed E-state index contributed by atoms with van der Waals surface area (Å²) in [6.45, 7) is 2.07. The fourth-order valence-electron chi connectivity index (χ4n) is 1.60. The summed E-state index contributed by atoms with van der Waals surface area (Å²) in [4.78, 5) is 4.41. The number of aliphatic imine (C=N–C) groups is 1. The molecule has 0 N–H and O–H groups in total. The lowest BCUT2D eigenvalue weighted by atomic mass is 10.1. The van der Waals surface area contributed by atoms with Crippen LogP contribution in [0, 0.1) is 11.8 Å². The van der Waals surface area contributed by atoms with Crippen molar-refractivity contribution in [3.05, 3.63) is 71.8 Å². The normalized spacial score (nSPS) is 11.8. The van der Waals surface area contributed by atoms with Gasteiger partial charge in [-0.2, -0.15) is 0 Å². The highest BCUT2D eigenvalue weighted by atomic mass is 14.7. The van der Waals surface area contributed by atoms with Crippen molar-refractivity contribution in [1.82, 2.24) is 0 Å². The zero-order valence-electron chi connectivity index (χ0n) is 10.4. The highest BCUT2D eigenvalue weighted by molar-refractivity contribution is 5.79. The summed E-state index contributed by atoms with van der Waals surface area (Å²) in [7, 11) is 0. The minimum Gasteiger partial charge on any atom is -0.276 e. The molecule has 0 amide bonds. The highest BCUT2D eigenvalue weighted by Crippen LogP contribution is 2.14. The van der Waals surface area contributed by atoms with Gasteiger partial charge in [0.2, 0.25) is 0 Å². The smallest absolute Gasteiger partial charge is 0.0728 e. The van der Waals surface area contributed by atoms with Gasteiger partial charge in [-0.3, -0.25) is 4.99 Å². The predicted molar refractivity (Wildman–Crippen MR) is 76.7 cm³/mol. The maximum absolute atomic E-state index is 4.41. The van der Waals surface area contributed by atoms with Crippen LogP contribution in [0.1, 0.15) is 24.1 Å². The first-order chi connectivity index (χ1) is 8.86. The van der Waals surface area contributed by atoms with E-state index >= 15 is 0 Å². The van der Waals surface area contributed by atoms with Gasteiger partial charge < -0.3 is 0 Å². The van der Waals surface area contributed by atoms with Crippen LogP contribution in [0.3, 0.4) is 0 Å². The van der Waals surface area contributed by atoms with Crippen molar-refractivity contribution in [1.29, 1.82) is 0 Å². The minimum absolute atomic E-state index is 0.149. The number of hydrogen-bond acceptors (Lipinski definition) is 1. The lowest BCUT2D eigenvalue weighted by molar-refractivity contribution is 0.826. The number of benzene rings is 2. The first kappa shape index (κ1) is 12.1. The van der Waals surface area contributed by atoms with E-state index in [1.54, 1.807) is 6.21 Å². The lowest BCUT2D eigenvalue weighted by Crippen LogP contribution is -1.88. The summed E-state index contributed by atoms with van der Waals surface area (Å²) < 4.78 is 0. The maximum Gasteiger partial charge on any atom is 0.0728 e. The molecule has 0 aliphatic heterocycles. The summed E-state index contributed by atoms with van der Waals surface area (Å²) in [5.74, 6) is 6.01. The van der Waals surface area contributed by atoms with Crippen LogP contribution >= 0.6 is 0 Å². The van der Waals surface area contributed by atoms with Crippen molar-refractivity contribution < 1.29 is 0 Å². The summed E-state index contributed by atoms with van der Waals surface area (Å²) in [6.07, 6.45) is 1.69. The molecule has 0 saturated carbocycles. The molecule has 1 unspecified atom stereocenters. The molecule has 2 rings (SSSR count). The van der Waals surface area contributed by atoms with Gasteiger partial charge in [0.25, 0.3) is 0 Å². The molecule has 0 saturated heterocycles. The molecule has 0 bridgehead atoms. The molecule has 2 aromatic carbocycles. The molecule has 0 radical (unpaired) electrons.